The first-order chi connectivity index (χ1) is 9.29. The van der Waals surface area contributed by atoms with Gasteiger partial charge >= 0.3 is 0 Å². The van der Waals surface area contributed by atoms with Crippen molar-refractivity contribution in [3.8, 4) is 11.5 Å². The molecule has 0 amide bonds. The third-order valence-electron chi connectivity index (χ3n) is 4.20. The standard InChI is InChI=1S/C15H22N2O2/c1-11-14(18-2)4-3-12-9-13(10-19-15(11)12)17-7-5-16-6-8-17/h3-4,13,16H,5-10H2,1-2H3. The Balaban J connectivity index is 1.78. The molecule has 1 unspecified atom stereocenters. The van der Waals surface area contributed by atoms with Gasteiger partial charge in [0.1, 0.15) is 18.1 Å². The first-order valence-corrected chi connectivity index (χ1v) is 7.03. The Bertz CT molecular complexity index is 456. The van der Waals surface area contributed by atoms with Gasteiger partial charge in [-0.1, -0.05) is 6.07 Å². The fourth-order valence-electron chi connectivity index (χ4n) is 3.09. The van der Waals surface area contributed by atoms with E-state index in [1.807, 2.05) is 0 Å². The molecule has 104 valence electrons. The number of methoxy groups -OCH3 is 1. The fourth-order valence-corrected chi connectivity index (χ4v) is 3.09. The quantitative estimate of drug-likeness (QED) is 0.869. The molecule has 0 radical (unpaired) electrons. The van der Waals surface area contributed by atoms with Crippen molar-refractivity contribution in [2.24, 2.45) is 0 Å². The van der Waals surface area contributed by atoms with Gasteiger partial charge in [-0.15, -0.1) is 0 Å². The highest BCUT2D eigenvalue weighted by molar-refractivity contribution is 5.50. The number of hydrogen-bond acceptors (Lipinski definition) is 4. The molecule has 1 saturated heterocycles. The Morgan fingerprint density at radius 2 is 2.11 bits per heavy atom. The van der Waals surface area contributed by atoms with Gasteiger partial charge in [-0.05, 0) is 25.0 Å². The monoisotopic (exact) mass is 262 g/mol. The molecule has 0 saturated carbocycles. The molecule has 4 heteroatoms. The van der Waals surface area contributed by atoms with Crippen molar-refractivity contribution in [1.29, 1.82) is 0 Å². The normalized spacial score (nSPS) is 23.6. The van der Waals surface area contributed by atoms with Crippen LogP contribution in [-0.2, 0) is 6.42 Å². The Kier molecular flexibility index (Phi) is 3.62. The second kappa shape index (κ2) is 5.39. The summed E-state index contributed by atoms with van der Waals surface area (Å²) in [4.78, 5) is 2.54. The van der Waals surface area contributed by atoms with Crippen LogP contribution in [0.3, 0.4) is 0 Å². The van der Waals surface area contributed by atoms with Gasteiger partial charge in [-0.3, -0.25) is 4.90 Å². The lowest BCUT2D eigenvalue weighted by molar-refractivity contribution is 0.107. The van der Waals surface area contributed by atoms with E-state index in [4.69, 9.17) is 9.47 Å². The zero-order chi connectivity index (χ0) is 13.2. The predicted octanol–water partition coefficient (Wildman–Crippen LogP) is 1.21. The van der Waals surface area contributed by atoms with Crippen LogP contribution in [0.15, 0.2) is 12.1 Å². The van der Waals surface area contributed by atoms with E-state index in [0.29, 0.717) is 6.04 Å². The van der Waals surface area contributed by atoms with Crippen LogP contribution < -0.4 is 14.8 Å². The first kappa shape index (κ1) is 12.8. The minimum Gasteiger partial charge on any atom is -0.496 e. The van der Waals surface area contributed by atoms with E-state index in [1.54, 1.807) is 7.11 Å². The number of fused-ring (bicyclic) bond motifs is 1. The van der Waals surface area contributed by atoms with Crippen LogP contribution in [0.4, 0.5) is 0 Å². The van der Waals surface area contributed by atoms with E-state index in [9.17, 15) is 0 Å². The number of benzene rings is 1. The highest BCUT2D eigenvalue weighted by Gasteiger charge is 2.27. The number of hydrogen-bond donors (Lipinski definition) is 1. The predicted molar refractivity (Wildman–Crippen MR) is 75.2 cm³/mol. The van der Waals surface area contributed by atoms with Crippen LogP contribution in [0.5, 0.6) is 11.5 Å². The zero-order valence-corrected chi connectivity index (χ0v) is 11.7. The third-order valence-corrected chi connectivity index (χ3v) is 4.20. The lowest BCUT2D eigenvalue weighted by Gasteiger charge is -2.37. The summed E-state index contributed by atoms with van der Waals surface area (Å²) in [5.41, 5.74) is 2.44. The fraction of sp³-hybridized carbons (Fsp3) is 0.600. The van der Waals surface area contributed by atoms with Gasteiger partial charge in [0.25, 0.3) is 0 Å². The molecule has 0 aromatic heterocycles. The second-order valence-electron chi connectivity index (χ2n) is 5.34. The lowest BCUT2D eigenvalue weighted by Crippen LogP contribution is -2.52. The summed E-state index contributed by atoms with van der Waals surface area (Å²) in [6.45, 7) is 7.29. The van der Waals surface area contributed by atoms with Crippen molar-refractivity contribution in [1.82, 2.24) is 10.2 Å². The van der Waals surface area contributed by atoms with Crippen molar-refractivity contribution in [3.05, 3.63) is 23.3 Å². The molecular weight excluding hydrogens is 240 g/mol. The molecule has 1 aromatic carbocycles. The maximum Gasteiger partial charge on any atom is 0.129 e. The average molecular weight is 262 g/mol. The number of rotatable bonds is 2. The van der Waals surface area contributed by atoms with Crippen molar-refractivity contribution in [2.75, 3.05) is 39.9 Å². The maximum atomic E-state index is 6.02. The van der Waals surface area contributed by atoms with E-state index >= 15 is 0 Å². The van der Waals surface area contributed by atoms with Gasteiger partial charge in [0, 0.05) is 37.8 Å². The van der Waals surface area contributed by atoms with Crippen LogP contribution in [0, 0.1) is 6.92 Å². The molecular formula is C15H22N2O2. The molecule has 1 N–H and O–H groups in total. The summed E-state index contributed by atoms with van der Waals surface area (Å²) in [5.74, 6) is 1.95. The molecule has 1 fully saturated rings. The molecule has 1 aromatic rings. The molecule has 4 nitrogen and oxygen atoms in total. The Morgan fingerprint density at radius 1 is 1.32 bits per heavy atom. The van der Waals surface area contributed by atoms with Gasteiger partial charge in [-0.25, -0.2) is 0 Å². The van der Waals surface area contributed by atoms with Gasteiger partial charge in [-0.2, -0.15) is 0 Å². The minimum atomic E-state index is 0.516. The Morgan fingerprint density at radius 3 is 2.84 bits per heavy atom. The molecule has 2 aliphatic rings. The van der Waals surface area contributed by atoms with Gasteiger partial charge in [0.2, 0.25) is 0 Å². The summed E-state index contributed by atoms with van der Waals surface area (Å²) in [5, 5.41) is 3.40. The summed E-state index contributed by atoms with van der Waals surface area (Å²) in [7, 11) is 1.71. The molecule has 1 atom stereocenters. The van der Waals surface area contributed by atoms with Crippen LogP contribution in [-0.4, -0.2) is 50.8 Å². The van der Waals surface area contributed by atoms with Gasteiger partial charge < -0.3 is 14.8 Å². The average Bonchev–Trinajstić information content (AvgIpc) is 2.48. The summed E-state index contributed by atoms with van der Waals surface area (Å²) >= 11 is 0. The Labute approximate surface area is 114 Å². The van der Waals surface area contributed by atoms with Crippen molar-refractivity contribution in [3.63, 3.8) is 0 Å². The van der Waals surface area contributed by atoms with E-state index in [1.165, 1.54) is 5.56 Å². The van der Waals surface area contributed by atoms with Crippen molar-refractivity contribution in [2.45, 2.75) is 19.4 Å². The lowest BCUT2D eigenvalue weighted by atomic mass is 9.98. The van der Waals surface area contributed by atoms with Crippen LogP contribution in [0.2, 0.25) is 0 Å². The van der Waals surface area contributed by atoms with E-state index < -0.39 is 0 Å². The van der Waals surface area contributed by atoms with Crippen LogP contribution in [0.25, 0.3) is 0 Å². The van der Waals surface area contributed by atoms with Crippen LogP contribution in [0.1, 0.15) is 11.1 Å². The first-order valence-electron chi connectivity index (χ1n) is 7.03. The number of ether oxygens (including phenoxy) is 2. The topological polar surface area (TPSA) is 33.7 Å². The highest BCUT2D eigenvalue weighted by atomic mass is 16.5. The van der Waals surface area contributed by atoms with E-state index in [0.717, 1.165) is 56.3 Å². The van der Waals surface area contributed by atoms with E-state index in [-0.39, 0.29) is 0 Å². The number of nitrogens with one attached hydrogen (secondary N) is 1. The maximum absolute atomic E-state index is 6.02. The van der Waals surface area contributed by atoms with Crippen molar-refractivity contribution < 1.29 is 9.47 Å². The molecule has 3 rings (SSSR count). The zero-order valence-electron chi connectivity index (χ0n) is 11.7. The highest BCUT2D eigenvalue weighted by Crippen LogP contribution is 2.35. The van der Waals surface area contributed by atoms with Crippen LogP contribution >= 0.6 is 0 Å². The number of nitrogens with zero attached hydrogens (tertiary/aromatic N) is 1. The third kappa shape index (κ3) is 2.42. The number of piperazine rings is 1. The SMILES string of the molecule is COc1ccc2c(c1C)OCC(N1CCNCC1)C2. The summed E-state index contributed by atoms with van der Waals surface area (Å²) < 4.78 is 11.4. The summed E-state index contributed by atoms with van der Waals surface area (Å²) in [6, 6.07) is 4.72. The Hall–Kier alpha value is -1.26. The largest absolute Gasteiger partial charge is 0.496 e. The van der Waals surface area contributed by atoms with E-state index in [2.05, 4.69) is 29.3 Å². The smallest absolute Gasteiger partial charge is 0.129 e. The molecule has 2 heterocycles. The second-order valence-corrected chi connectivity index (χ2v) is 5.34. The minimum absolute atomic E-state index is 0.516. The van der Waals surface area contributed by atoms with Crippen molar-refractivity contribution >= 4 is 0 Å². The molecule has 2 aliphatic heterocycles. The molecule has 0 bridgehead atoms. The molecule has 0 aliphatic carbocycles. The summed E-state index contributed by atoms with van der Waals surface area (Å²) in [6.07, 6.45) is 1.08. The molecule has 19 heavy (non-hydrogen) atoms. The van der Waals surface area contributed by atoms with Gasteiger partial charge in [0.15, 0.2) is 0 Å². The molecule has 0 spiro atoms. The van der Waals surface area contributed by atoms with Gasteiger partial charge in [0.05, 0.1) is 7.11 Å².